The highest BCUT2D eigenvalue weighted by molar-refractivity contribution is 7.10. The molecular weight excluding hydrogens is 289 g/mol. The lowest BCUT2D eigenvalue weighted by atomic mass is 10.1. The van der Waals surface area contributed by atoms with Gasteiger partial charge in [-0.05, 0) is 48.2 Å². The van der Waals surface area contributed by atoms with Gasteiger partial charge in [0.2, 0.25) is 0 Å². The molecule has 0 saturated carbocycles. The van der Waals surface area contributed by atoms with Gasteiger partial charge in [0.1, 0.15) is 5.82 Å². The molecule has 1 aromatic carbocycles. The van der Waals surface area contributed by atoms with Crippen molar-refractivity contribution in [1.82, 2.24) is 0 Å². The summed E-state index contributed by atoms with van der Waals surface area (Å²) in [7, 11) is 1.89. The minimum Gasteiger partial charge on any atom is -0.478 e. The summed E-state index contributed by atoms with van der Waals surface area (Å²) in [5.74, 6) is -1.44. The van der Waals surface area contributed by atoms with Gasteiger partial charge in [-0.1, -0.05) is 6.07 Å². The minimum absolute atomic E-state index is 0.114. The van der Waals surface area contributed by atoms with E-state index < -0.39 is 5.97 Å². The van der Waals surface area contributed by atoms with Gasteiger partial charge in [-0.15, -0.1) is 11.3 Å². The van der Waals surface area contributed by atoms with Crippen LogP contribution in [0.25, 0.3) is 6.08 Å². The molecule has 3 nitrogen and oxygen atoms in total. The number of carboxylic acid groups (broad SMARTS) is 1. The Hall–Kier alpha value is -2.14. The van der Waals surface area contributed by atoms with Crippen LogP contribution in [0.4, 0.5) is 10.1 Å². The minimum atomic E-state index is -1.05. The van der Waals surface area contributed by atoms with Crippen LogP contribution in [0.3, 0.4) is 0 Å². The molecule has 2 rings (SSSR count). The van der Waals surface area contributed by atoms with Crippen molar-refractivity contribution in [3.8, 4) is 0 Å². The van der Waals surface area contributed by atoms with E-state index in [1.54, 1.807) is 17.4 Å². The molecule has 0 aliphatic carbocycles. The van der Waals surface area contributed by atoms with Gasteiger partial charge in [0.15, 0.2) is 0 Å². The SMILES string of the molecule is CC(c1cccs1)N(C)c1cc(F)cc(/C=C/C(=O)O)c1. The number of halogens is 1. The van der Waals surface area contributed by atoms with Crippen LogP contribution in [0.5, 0.6) is 0 Å². The van der Waals surface area contributed by atoms with Crippen molar-refractivity contribution >= 4 is 29.1 Å². The summed E-state index contributed by atoms with van der Waals surface area (Å²) in [5, 5.41) is 10.7. The molecule has 5 heteroatoms. The number of hydrogen-bond acceptors (Lipinski definition) is 3. The summed E-state index contributed by atoms with van der Waals surface area (Å²) >= 11 is 1.65. The average molecular weight is 305 g/mol. The second kappa shape index (κ2) is 6.54. The zero-order valence-corrected chi connectivity index (χ0v) is 12.6. The van der Waals surface area contributed by atoms with E-state index in [2.05, 4.69) is 0 Å². The van der Waals surface area contributed by atoms with Crippen LogP contribution in [0.1, 0.15) is 23.4 Å². The number of rotatable bonds is 5. The maximum absolute atomic E-state index is 13.7. The Kier molecular flexibility index (Phi) is 4.75. The summed E-state index contributed by atoms with van der Waals surface area (Å²) < 4.78 is 13.7. The van der Waals surface area contributed by atoms with Gasteiger partial charge in [0.25, 0.3) is 0 Å². The van der Waals surface area contributed by atoms with Gasteiger partial charge >= 0.3 is 5.97 Å². The van der Waals surface area contributed by atoms with E-state index in [1.807, 2.05) is 36.4 Å². The average Bonchev–Trinajstić information content (AvgIpc) is 2.97. The Morgan fingerprint density at radius 3 is 2.81 bits per heavy atom. The molecule has 0 spiro atoms. The second-order valence-corrected chi connectivity index (χ2v) is 5.70. The zero-order valence-electron chi connectivity index (χ0n) is 11.8. The maximum Gasteiger partial charge on any atom is 0.328 e. The molecular formula is C16H16FNO2S. The Morgan fingerprint density at radius 2 is 2.19 bits per heavy atom. The van der Waals surface area contributed by atoms with Gasteiger partial charge in [-0.2, -0.15) is 0 Å². The zero-order chi connectivity index (χ0) is 15.4. The van der Waals surface area contributed by atoms with E-state index in [0.29, 0.717) is 11.3 Å². The fourth-order valence-corrected chi connectivity index (χ4v) is 2.83. The van der Waals surface area contributed by atoms with Crippen molar-refractivity contribution in [3.05, 3.63) is 58.0 Å². The first-order valence-corrected chi connectivity index (χ1v) is 7.33. The Bertz CT molecular complexity index is 652. The lowest BCUT2D eigenvalue weighted by Gasteiger charge is -2.26. The molecule has 0 aliphatic rings. The smallest absolute Gasteiger partial charge is 0.328 e. The topological polar surface area (TPSA) is 40.5 Å². The normalized spacial score (nSPS) is 12.5. The fourth-order valence-electron chi connectivity index (χ4n) is 2.01. The molecule has 110 valence electrons. The van der Waals surface area contributed by atoms with Crippen LogP contribution in [-0.4, -0.2) is 18.1 Å². The van der Waals surface area contributed by atoms with Crippen LogP contribution in [-0.2, 0) is 4.79 Å². The number of nitrogens with zero attached hydrogens (tertiary/aromatic N) is 1. The summed E-state index contributed by atoms with van der Waals surface area (Å²) in [4.78, 5) is 13.7. The highest BCUT2D eigenvalue weighted by atomic mass is 32.1. The van der Waals surface area contributed by atoms with E-state index in [4.69, 9.17) is 5.11 Å². The molecule has 1 N–H and O–H groups in total. The van der Waals surface area contributed by atoms with Gasteiger partial charge < -0.3 is 10.0 Å². The van der Waals surface area contributed by atoms with Crippen molar-refractivity contribution in [3.63, 3.8) is 0 Å². The van der Waals surface area contributed by atoms with E-state index in [0.717, 1.165) is 6.08 Å². The quantitative estimate of drug-likeness (QED) is 0.842. The first-order valence-electron chi connectivity index (χ1n) is 6.45. The summed E-state index contributed by atoms with van der Waals surface area (Å²) in [6.45, 7) is 2.05. The fraction of sp³-hybridized carbons (Fsp3) is 0.188. The first-order chi connectivity index (χ1) is 9.97. The van der Waals surface area contributed by atoms with Crippen LogP contribution >= 0.6 is 11.3 Å². The van der Waals surface area contributed by atoms with E-state index in [1.165, 1.54) is 23.1 Å². The van der Waals surface area contributed by atoms with E-state index in [-0.39, 0.29) is 11.9 Å². The number of hydrogen-bond donors (Lipinski definition) is 1. The van der Waals surface area contributed by atoms with Crippen LogP contribution in [0.15, 0.2) is 41.8 Å². The highest BCUT2D eigenvalue weighted by Gasteiger charge is 2.14. The molecule has 21 heavy (non-hydrogen) atoms. The number of carbonyl (C=O) groups is 1. The lowest BCUT2D eigenvalue weighted by molar-refractivity contribution is -0.131. The molecule has 1 unspecified atom stereocenters. The van der Waals surface area contributed by atoms with Crippen molar-refractivity contribution in [2.24, 2.45) is 0 Å². The first kappa shape index (κ1) is 15.3. The van der Waals surface area contributed by atoms with Crippen LogP contribution in [0.2, 0.25) is 0 Å². The van der Waals surface area contributed by atoms with Gasteiger partial charge in [-0.25, -0.2) is 9.18 Å². The molecule has 0 bridgehead atoms. The molecule has 0 saturated heterocycles. The maximum atomic E-state index is 13.7. The third-order valence-electron chi connectivity index (χ3n) is 3.27. The van der Waals surface area contributed by atoms with Crippen molar-refractivity contribution in [1.29, 1.82) is 0 Å². The Morgan fingerprint density at radius 1 is 1.43 bits per heavy atom. The van der Waals surface area contributed by atoms with Crippen LogP contribution in [0, 0.1) is 5.82 Å². The summed E-state index contributed by atoms with van der Waals surface area (Å²) in [5.41, 5.74) is 1.23. The van der Waals surface area contributed by atoms with Crippen molar-refractivity contribution in [2.75, 3.05) is 11.9 Å². The predicted molar refractivity (Wildman–Crippen MR) is 84.2 cm³/mol. The molecule has 1 aromatic heterocycles. The monoisotopic (exact) mass is 305 g/mol. The largest absolute Gasteiger partial charge is 0.478 e. The summed E-state index contributed by atoms with van der Waals surface area (Å²) in [6, 6.07) is 8.66. The van der Waals surface area contributed by atoms with Gasteiger partial charge in [0.05, 0.1) is 6.04 Å². The highest BCUT2D eigenvalue weighted by Crippen LogP contribution is 2.29. The molecule has 1 atom stereocenters. The molecule has 0 amide bonds. The third-order valence-corrected chi connectivity index (χ3v) is 4.31. The van der Waals surface area contributed by atoms with E-state index in [9.17, 15) is 9.18 Å². The van der Waals surface area contributed by atoms with Gasteiger partial charge in [0, 0.05) is 23.7 Å². The van der Waals surface area contributed by atoms with Crippen molar-refractivity contribution < 1.29 is 14.3 Å². The molecule has 0 aliphatic heterocycles. The standard InChI is InChI=1S/C16H16FNO2S/c1-11(15-4-3-7-21-15)18(2)14-9-12(5-6-16(19)20)8-13(17)10-14/h3-11H,1-2H3,(H,19,20)/b6-5+. The second-order valence-electron chi connectivity index (χ2n) is 4.72. The lowest BCUT2D eigenvalue weighted by Crippen LogP contribution is -2.21. The number of carboxylic acids is 1. The number of aliphatic carboxylic acids is 1. The van der Waals surface area contributed by atoms with Gasteiger partial charge in [-0.3, -0.25) is 0 Å². The Labute approximate surface area is 127 Å². The van der Waals surface area contributed by atoms with Crippen molar-refractivity contribution in [2.45, 2.75) is 13.0 Å². The molecule has 0 fully saturated rings. The van der Waals surface area contributed by atoms with Crippen LogP contribution < -0.4 is 4.90 Å². The number of thiophene rings is 1. The number of benzene rings is 1. The molecule has 2 aromatic rings. The van der Waals surface area contributed by atoms with E-state index >= 15 is 0 Å². The third kappa shape index (κ3) is 3.92. The molecule has 1 heterocycles. The number of anilines is 1. The summed E-state index contributed by atoms with van der Waals surface area (Å²) in [6.07, 6.45) is 2.39. The predicted octanol–water partition coefficient (Wildman–Crippen LogP) is 4.18. The Balaban J connectivity index is 2.28. The molecule has 0 radical (unpaired) electrons.